The maximum absolute atomic E-state index is 12.8. The number of amides is 1. The molecule has 0 saturated carbocycles. The molecule has 0 spiro atoms. The molecule has 1 atom stereocenters. The molecule has 4 rings (SSSR count). The normalized spacial score (nSPS) is 15.2. The summed E-state index contributed by atoms with van der Waals surface area (Å²) in [5.74, 6) is 0.516. The molecule has 3 aromatic rings. The molecule has 6 heteroatoms. The maximum Gasteiger partial charge on any atom is 0.336 e. The molecular weight excluding hydrogens is 402 g/mol. The van der Waals surface area contributed by atoms with E-state index in [0.29, 0.717) is 28.3 Å². The summed E-state index contributed by atoms with van der Waals surface area (Å²) in [5, 5.41) is 1.31. The van der Waals surface area contributed by atoms with E-state index in [0.717, 1.165) is 36.9 Å². The van der Waals surface area contributed by atoms with Crippen molar-refractivity contribution in [3.63, 3.8) is 0 Å². The zero-order valence-electron chi connectivity index (χ0n) is 16.9. The maximum atomic E-state index is 12.8. The fourth-order valence-corrected chi connectivity index (χ4v) is 4.15. The first-order chi connectivity index (χ1) is 14.6. The van der Waals surface area contributed by atoms with Crippen LogP contribution in [0.3, 0.4) is 0 Å². The Morgan fingerprint density at radius 3 is 2.60 bits per heavy atom. The van der Waals surface area contributed by atoms with E-state index in [1.54, 1.807) is 18.2 Å². The Morgan fingerprint density at radius 1 is 1.10 bits per heavy atom. The number of benzene rings is 2. The first kappa shape index (κ1) is 20.5. The van der Waals surface area contributed by atoms with Gasteiger partial charge in [0.05, 0.1) is 0 Å². The lowest BCUT2D eigenvalue weighted by atomic mass is 10.0. The highest BCUT2D eigenvalue weighted by Crippen LogP contribution is 2.34. The minimum absolute atomic E-state index is 0.0172. The van der Waals surface area contributed by atoms with Crippen molar-refractivity contribution < 1.29 is 13.9 Å². The molecule has 5 nitrogen and oxygen atoms in total. The van der Waals surface area contributed by atoms with Crippen LogP contribution in [0.5, 0.6) is 5.75 Å². The van der Waals surface area contributed by atoms with Crippen molar-refractivity contribution in [2.45, 2.75) is 38.7 Å². The van der Waals surface area contributed by atoms with Gasteiger partial charge in [0.2, 0.25) is 0 Å². The lowest BCUT2D eigenvalue weighted by Gasteiger charge is -2.30. The van der Waals surface area contributed by atoms with Gasteiger partial charge in [-0.15, -0.1) is 0 Å². The zero-order chi connectivity index (χ0) is 21.1. The molecule has 1 aliphatic rings. The highest BCUT2D eigenvalue weighted by atomic mass is 35.5. The second kappa shape index (κ2) is 8.92. The van der Waals surface area contributed by atoms with Gasteiger partial charge in [-0.05, 0) is 43.9 Å². The van der Waals surface area contributed by atoms with E-state index in [2.05, 4.69) is 0 Å². The average molecular weight is 426 g/mol. The van der Waals surface area contributed by atoms with Crippen LogP contribution in [0.4, 0.5) is 0 Å². The van der Waals surface area contributed by atoms with E-state index >= 15 is 0 Å². The smallest absolute Gasteiger partial charge is 0.336 e. The van der Waals surface area contributed by atoms with Crippen LogP contribution in [0.1, 0.15) is 32.6 Å². The van der Waals surface area contributed by atoms with E-state index in [-0.39, 0.29) is 5.91 Å². The third-order valence-electron chi connectivity index (χ3n) is 5.47. The van der Waals surface area contributed by atoms with Crippen molar-refractivity contribution in [1.82, 2.24) is 4.90 Å². The van der Waals surface area contributed by atoms with Crippen LogP contribution in [0, 0.1) is 0 Å². The van der Waals surface area contributed by atoms with Crippen molar-refractivity contribution in [3.05, 3.63) is 64.0 Å². The Morgan fingerprint density at radius 2 is 1.87 bits per heavy atom. The predicted molar refractivity (Wildman–Crippen MR) is 118 cm³/mol. The number of carbonyl (C=O) groups is 1. The van der Waals surface area contributed by atoms with Gasteiger partial charge in [0, 0.05) is 46.8 Å². The standard InChI is InChI=1S/C24H24ClNO4/c1-2-21(24(28)26-12-6-3-7-13-26)29-16-10-11-18-19(15-23(27)30-22(18)14-16)17-8-4-5-9-20(17)25/h4-5,8-11,14-15,21H,2-3,6-7,12-13H2,1H3. The summed E-state index contributed by atoms with van der Waals surface area (Å²) in [4.78, 5) is 26.9. The minimum Gasteiger partial charge on any atom is -0.480 e. The third kappa shape index (κ3) is 4.21. The number of rotatable bonds is 5. The summed E-state index contributed by atoms with van der Waals surface area (Å²) in [7, 11) is 0. The van der Waals surface area contributed by atoms with E-state index < -0.39 is 11.7 Å². The largest absolute Gasteiger partial charge is 0.480 e. The van der Waals surface area contributed by atoms with Crippen molar-refractivity contribution >= 4 is 28.5 Å². The van der Waals surface area contributed by atoms with Crippen LogP contribution in [0.25, 0.3) is 22.1 Å². The van der Waals surface area contributed by atoms with Crippen molar-refractivity contribution in [2.75, 3.05) is 13.1 Å². The van der Waals surface area contributed by atoms with Crippen molar-refractivity contribution in [2.24, 2.45) is 0 Å². The van der Waals surface area contributed by atoms with E-state index in [1.807, 2.05) is 36.1 Å². The van der Waals surface area contributed by atoms with Crippen LogP contribution in [-0.4, -0.2) is 30.0 Å². The van der Waals surface area contributed by atoms with Crippen LogP contribution >= 0.6 is 11.6 Å². The van der Waals surface area contributed by atoms with Crippen LogP contribution in [0.2, 0.25) is 5.02 Å². The molecule has 1 saturated heterocycles. The Bertz CT molecular complexity index is 1120. The van der Waals surface area contributed by atoms with Crippen LogP contribution < -0.4 is 10.4 Å². The number of piperidine rings is 1. The molecule has 1 aromatic heterocycles. The topological polar surface area (TPSA) is 59.8 Å². The molecule has 1 aliphatic heterocycles. The number of carbonyl (C=O) groups excluding carboxylic acids is 1. The SMILES string of the molecule is CCC(Oc1ccc2c(-c3ccccc3Cl)cc(=O)oc2c1)C(=O)N1CCCCC1. The molecule has 0 N–H and O–H groups in total. The molecule has 30 heavy (non-hydrogen) atoms. The summed E-state index contributed by atoms with van der Waals surface area (Å²) in [6, 6.07) is 14.1. The number of hydrogen-bond acceptors (Lipinski definition) is 4. The molecule has 0 bridgehead atoms. The number of halogens is 1. The number of ether oxygens (including phenoxy) is 1. The van der Waals surface area contributed by atoms with Gasteiger partial charge in [0.1, 0.15) is 11.3 Å². The second-order valence-corrected chi connectivity index (χ2v) is 7.92. The summed E-state index contributed by atoms with van der Waals surface area (Å²) in [6.45, 7) is 3.50. The summed E-state index contributed by atoms with van der Waals surface area (Å²) in [5.41, 5.74) is 1.40. The van der Waals surface area contributed by atoms with E-state index in [9.17, 15) is 9.59 Å². The molecule has 0 radical (unpaired) electrons. The Kier molecular flexibility index (Phi) is 6.09. The Hall–Kier alpha value is -2.79. The van der Waals surface area contributed by atoms with Crippen molar-refractivity contribution in [3.8, 4) is 16.9 Å². The van der Waals surface area contributed by atoms with Gasteiger partial charge in [0.25, 0.3) is 5.91 Å². The number of hydrogen-bond donors (Lipinski definition) is 0. The van der Waals surface area contributed by atoms with E-state index in [1.165, 1.54) is 12.5 Å². The number of likely N-dealkylation sites (tertiary alicyclic amines) is 1. The lowest BCUT2D eigenvalue weighted by Crippen LogP contribution is -2.44. The highest BCUT2D eigenvalue weighted by molar-refractivity contribution is 6.33. The fraction of sp³-hybridized carbons (Fsp3) is 0.333. The summed E-state index contributed by atoms with van der Waals surface area (Å²) < 4.78 is 11.4. The second-order valence-electron chi connectivity index (χ2n) is 7.52. The monoisotopic (exact) mass is 425 g/mol. The van der Waals surface area contributed by atoms with Gasteiger partial charge >= 0.3 is 5.63 Å². The van der Waals surface area contributed by atoms with Crippen LogP contribution in [-0.2, 0) is 4.79 Å². The molecule has 0 aliphatic carbocycles. The molecule has 2 heterocycles. The molecular formula is C24H24ClNO4. The molecule has 1 amide bonds. The third-order valence-corrected chi connectivity index (χ3v) is 5.80. The van der Waals surface area contributed by atoms with Gasteiger partial charge in [-0.2, -0.15) is 0 Å². The molecule has 1 unspecified atom stereocenters. The van der Waals surface area contributed by atoms with Crippen LogP contribution in [0.15, 0.2) is 57.7 Å². The number of nitrogens with zero attached hydrogens (tertiary/aromatic N) is 1. The van der Waals surface area contributed by atoms with Crippen molar-refractivity contribution in [1.29, 1.82) is 0 Å². The van der Waals surface area contributed by atoms with Gasteiger partial charge in [-0.3, -0.25) is 4.79 Å². The predicted octanol–water partition coefficient (Wildman–Crippen LogP) is 5.28. The quantitative estimate of drug-likeness (QED) is 0.521. The minimum atomic E-state index is -0.556. The fourth-order valence-electron chi connectivity index (χ4n) is 3.91. The average Bonchev–Trinajstić information content (AvgIpc) is 2.77. The Balaban J connectivity index is 1.66. The molecule has 1 fully saturated rings. The first-order valence-corrected chi connectivity index (χ1v) is 10.7. The highest BCUT2D eigenvalue weighted by Gasteiger charge is 2.26. The summed E-state index contributed by atoms with van der Waals surface area (Å²) in [6.07, 6.45) is 3.25. The molecule has 2 aromatic carbocycles. The van der Waals surface area contributed by atoms with Gasteiger partial charge in [-0.1, -0.05) is 36.7 Å². The van der Waals surface area contributed by atoms with E-state index in [4.69, 9.17) is 20.8 Å². The van der Waals surface area contributed by atoms with Gasteiger partial charge in [-0.25, -0.2) is 4.79 Å². The Labute approximate surface area is 180 Å². The summed E-state index contributed by atoms with van der Waals surface area (Å²) >= 11 is 6.34. The number of fused-ring (bicyclic) bond motifs is 1. The molecule has 156 valence electrons. The van der Waals surface area contributed by atoms with Gasteiger partial charge in [0.15, 0.2) is 6.10 Å². The zero-order valence-corrected chi connectivity index (χ0v) is 17.7. The lowest BCUT2D eigenvalue weighted by molar-refractivity contribution is -0.139. The van der Waals surface area contributed by atoms with Gasteiger partial charge < -0.3 is 14.1 Å². The first-order valence-electron chi connectivity index (χ1n) is 10.3.